The predicted molar refractivity (Wildman–Crippen MR) is 82.2 cm³/mol. The fourth-order valence-electron chi connectivity index (χ4n) is 2.52. The van der Waals surface area contributed by atoms with Gasteiger partial charge in [0.05, 0.1) is 5.69 Å². The van der Waals surface area contributed by atoms with E-state index in [2.05, 4.69) is 67.4 Å². The summed E-state index contributed by atoms with van der Waals surface area (Å²) in [6, 6.07) is 14.9. The maximum absolute atomic E-state index is 4.63. The molecule has 0 saturated heterocycles. The Bertz CT molecular complexity index is 678. The van der Waals surface area contributed by atoms with Gasteiger partial charge in [-0.15, -0.1) is 0 Å². The second kappa shape index (κ2) is 4.85. The van der Waals surface area contributed by atoms with Crippen molar-refractivity contribution in [3.63, 3.8) is 0 Å². The molecule has 3 rings (SSSR count). The molecule has 0 heterocycles. The first-order valence-electron chi connectivity index (χ1n) is 6.64. The Kier molecular flexibility index (Phi) is 3.04. The van der Waals surface area contributed by atoms with E-state index in [0.29, 0.717) is 0 Å². The topological polar surface area (TPSA) is 12.4 Å². The van der Waals surface area contributed by atoms with E-state index >= 15 is 0 Å². The summed E-state index contributed by atoms with van der Waals surface area (Å²) < 4.78 is 0. The Hall–Kier alpha value is -2.15. The number of hydrogen-bond acceptors (Lipinski definition) is 1. The maximum Gasteiger partial charge on any atom is 0.0659 e. The molecular formula is C18H17N. The SMILES string of the molecule is Cc1ccc(N=CC2=CCc3ccccc32)c(C)c1. The Morgan fingerprint density at radius 3 is 2.74 bits per heavy atom. The molecule has 0 bridgehead atoms. The van der Waals surface area contributed by atoms with Crippen LogP contribution < -0.4 is 0 Å². The van der Waals surface area contributed by atoms with Crippen LogP contribution in [0.5, 0.6) is 0 Å². The third kappa shape index (κ3) is 2.37. The van der Waals surface area contributed by atoms with E-state index in [9.17, 15) is 0 Å². The number of nitrogens with zero attached hydrogens (tertiary/aromatic N) is 1. The minimum Gasteiger partial charge on any atom is -0.256 e. The molecule has 0 atom stereocenters. The van der Waals surface area contributed by atoms with Gasteiger partial charge in [0.1, 0.15) is 0 Å². The van der Waals surface area contributed by atoms with Crippen LogP contribution in [0.25, 0.3) is 5.57 Å². The first-order chi connectivity index (χ1) is 9.24. The van der Waals surface area contributed by atoms with Crippen LogP contribution in [-0.4, -0.2) is 6.21 Å². The van der Waals surface area contributed by atoms with Crippen molar-refractivity contribution in [2.75, 3.05) is 0 Å². The molecule has 0 spiro atoms. The van der Waals surface area contributed by atoms with Gasteiger partial charge in [0.2, 0.25) is 0 Å². The van der Waals surface area contributed by atoms with Gasteiger partial charge in [-0.3, -0.25) is 4.99 Å². The lowest BCUT2D eigenvalue weighted by Gasteiger charge is -2.02. The Morgan fingerprint density at radius 1 is 1.05 bits per heavy atom. The van der Waals surface area contributed by atoms with E-state index in [4.69, 9.17) is 0 Å². The molecule has 0 saturated carbocycles. The van der Waals surface area contributed by atoms with Gasteiger partial charge in [-0.05, 0) is 48.6 Å². The fraction of sp³-hybridized carbons (Fsp3) is 0.167. The van der Waals surface area contributed by atoms with Crippen LogP contribution in [0.4, 0.5) is 5.69 Å². The van der Waals surface area contributed by atoms with Crippen molar-refractivity contribution < 1.29 is 0 Å². The number of aliphatic imine (C=N–C) groups is 1. The molecule has 0 aliphatic heterocycles. The van der Waals surface area contributed by atoms with Crippen LogP contribution in [0.15, 0.2) is 53.5 Å². The third-order valence-corrected chi connectivity index (χ3v) is 3.57. The van der Waals surface area contributed by atoms with Crippen molar-refractivity contribution in [2.24, 2.45) is 4.99 Å². The molecule has 0 unspecified atom stereocenters. The molecule has 19 heavy (non-hydrogen) atoms. The minimum atomic E-state index is 1.02. The molecule has 0 fully saturated rings. The number of aryl methyl sites for hydroxylation is 2. The molecule has 0 aromatic heterocycles. The molecule has 0 amide bonds. The summed E-state index contributed by atoms with van der Waals surface area (Å²) in [4.78, 5) is 4.63. The summed E-state index contributed by atoms with van der Waals surface area (Å²) in [5, 5.41) is 0. The standard InChI is InChI=1S/C18H17N/c1-13-7-10-18(14(2)11-13)19-12-16-9-8-15-5-3-4-6-17(15)16/h3-7,9-12H,8H2,1-2H3. The number of fused-ring (bicyclic) bond motifs is 1. The van der Waals surface area contributed by atoms with Crippen LogP contribution >= 0.6 is 0 Å². The van der Waals surface area contributed by atoms with Gasteiger partial charge < -0.3 is 0 Å². The first-order valence-corrected chi connectivity index (χ1v) is 6.64. The molecule has 0 N–H and O–H groups in total. The van der Waals surface area contributed by atoms with Crippen LogP contribution in [0.2, 0.25) is 0 Å². The zero-order valence-corrected chi connectivity index (χ0v) is 11.4. The zero-order chi connectivity index (χ0) is 13.2. The average Bonchev–Trinajstić information content (AvgIpc) is 2.81. The van der Waals surface area contributed by atoms with Gasteiger partial charge in [-0.2, -0.15) is 0 Å². The number of hydrogen-bond donors (Lipinski definition) is 0. The van der Waals surface area contributed by atoms with E-state index in [0.717, 1.165) is 12.1 Å². The van der Waals surface area contributed by atoms with Gasteiger partial charge in [-0.1, -0.05) is 48.0 Å². The van der Waals surface area contributed by atoms with Crippen molar-refractivity contribution in [2.45, 2.75) is 20.3 Å². The molecule has 1 heteroatoms. The number of benzene rings is 2. The van der Waals surface area contributed by atoms with Crippen molar-refractivity contribution in [1.82, 2.24) is 0 Å². The smallest absolute Gasteiger partial charge is 0.0659 e. The maximum atomic E-state index is 4.63. The Labute approximate surface area is 114 Å². The van der Waals surface area contributed by atoms with Crippen molar-refractivity contribution in [3.8, 4) is 0 Å². The summed E-state index contributed by atoms with van der Waals surface area (Å²) in [5.41, 5.74) is 7.50. The molecule has 1 aliphatic rings. The second-order valence-corrected chi connectivity index (χ2v) is 5.07. The summed E-state index contributed by atoms with van der Waals surface area (Å²) in [7, 11) is 0. The van der Waals surface area contributed by atoms with E-state index in [-0.39, 0.29) is 0 Å². The van der Waals surface area contributed by atoms with Crippen LogP contribution in [0.3, 0.4) is 0 Å². The van der Waals surface area contributed by atoms with Crippen molar-refractivity contribution in [3.05, 3.63) is 70.8 Å². The lowest BCUT2D eigenvalue weighted by molar-refractivity contribution is 1.31. The Morgan fingerprint density at radius 2 is 1.89 bits per heavy atom. The summed E-state index contributed by atoms with van der Waals surface area (Å²) in [6.07, 6.45) is 5.26. The van der Waals surface area contributed by atoms with E-state index in [1.807, 2.05) is 6.21 Å². The Balaban J connectivity index is 1.89. The average molecular weight is 247 g/mol. The second-order valence-electron chi connectivity index (χ2n) is 5.07. The predicted octanol–water partition coefficient (Wildman–Crippen LogP) is 4.65. The first kappa shape index (κ1) is 11.9. The van der Waals surface area contributed by atoms with Gasteiger partial charge in [0.25, 0.3) is 0 Å². The molecular weight excluding hydrogens is 230 g/mol. The number of rotatable bonds is 2. The molecule has 2 aromatic carbocycles. The van der Waals surface area contributed by atoms with E-state index in [1.54, 1.807) is 0 Å². The van der Waals surface area contributed by atoms with E-state index < -0.39 is 0 Å². The highest BCUT2D eigenvalue weighted by molar-refractivity contribution is 6.12. The fourth-order valence-corrected chi connectivity index (χ4v) is 2.52. The van der Waals surface area contributed by atoms with E-state index in [1.165, 1.54) is 27.8 Å². The van der Waals surface area contributed by atoms with Crippen LogP contribution in [0.1, 0.15) is 22.3 Å². The van der Waals surface area contributed by atoms with Crippen LogP contribution in [-0.2, 0) is 6.42 Å². The third-order valence-electron chi connectivity index (χ3n) is 3.57. The minimum absolute atomic E-state index is 1.02. The molecule has 1 nitrogen and oxygen atoms in total. The molecule has 0 radical (unpaired) electrons. The molecule has 2 aromatic rings. The van der Waals surface area contributed by atoms with Gasteiger partial charge in [0.15, 0.2) is 0 Å². The normalized spacial score (nSPS) is 13.7. The lowest BCUT2D eigenvalue weighted by atomic mass is 10.1. The van der Waals surface area contributed by atoms with Gasteiger partial charge >= 0.3 is 0 Å². The quantitative estimate of drug-likeness (QED) is 0.685. The molecule has 1 aliphatic carbocycles. The van der Waals surface area contributed by atoms with Crippen molar-refractivity contribution in [1.29, 1.82) is 0 Å². The summed E-state index contributed by atoms with van der Waals surface area (Å²) >= 11 is 0. The van der Waals surface area contributed by atoms with Gasteiger partial charge in [-0.25, -0.2) is 0 Å². The molecule has 94 valence electrons. The van der Waals surface area contributed by atoms with Gasteiger partial charge in [0, 0.05) is 6.21 Å². The monoisotopic (exact) mass is 247 g/mol. The largest absolute Gasteiger partial charge is 0.256 e. The summed E-state index contributed by atoms with van der Waals surface area (Å²) in [5.74, 6) is 0. The highest BCUT2D eigenvalue weighted by atomic mass is 14.7. The highest BCUT2D eigenvalue weighted by Gasteiger charge is 2.10. The summed E-state index contributed by atoms with van der Waals surface area (Å²) in [6.45, 7) is 4.22. The highest BCUT2D eigenvalue weighted by Crippen LogP contribution is 2.27. The van der Waals surface area contributed by atoms with Crippen molar-refractivity contribution >= 4 is 17.5 Å². The van der Waals surface area contributed by atoms with Crippen LogP contribution in [0, 0.1) is 13.8 Å². The lowest BCUT2D eigenvalue weighted by Crippen LogP contribution is -1.85. The zero-order valence-electron chi connectivity index (χ0n) is 11.4. The number of allylic oxidation sites excluding steroid dienone is 2.